The zero-order chi connectivity index (χ0) is 28.8. The standard InChI is InChI=1S/C32H30FN5O4/c33-25-11-19(13-34)6-7-21(25)18-42-30-5-1-4-27(36-30)31-23-15-37(16-24(23)31)17-29-35-26-9-8-20(32(39)40)12-28(26)38(29)14-22-3-2-10-41-22/h1,4-9,11-12,22-24,31H,2-3,10,14-18H2,(H,39,40)/t22?,23-,24+,31?. The summed E-state index contributed by atoms with van der Waals surface area (Å²) in [7, 11) is 0. The Hall–Kier alpha value is -4.33. The van der Waals surface area contributed by atoms with Gasteiger partial charge in [-0.2, -0.15) is 5.26 Å². The van der Waals surface area contributed by atoms with E-state index in [4.69, 9.17) is 24.7 Å². The van der Waals surface area contributed by atoms with Crippen molar-refractivity contribution in [3.05, 3.63) is 88.6 Å². The highest BCUT2D eigenvalue weighted by molar-refractivity contribution is 5.92. The van der Waals surface area contributed by atoms with Crippen molar-refractivity contribution in [2.24, 2.45) is 11.8 Å². The Morgan fingerprint density at radius 1 is 1.14 bits per heavy atom. The number of carboxylic acid groups (broad SMARTS) is 1. The fourth-order valence-corrected chi connectivity index (χ4v) is 6.59. The van der Waals surface area contributed by atoms with Crippen molar-refractivity contribution in [2.75, 3.05) is 19.7 Å². The second kappa shape index (κ2) is 10.8. The van der Waals surface area contributed by atoms with Crippen molar-refractivity contribution in [2.45, 2.75) is 44.6 Å². The molecule has 2 aromatic carbocycles. The molecule has 3 fully saturated rings. The summed E-state index contributed by atoms with van der Waals surface area (Å²) in [6.45, 7) is 4.03. The number of rotatable bonds is 9. The van der Waals surface area contributed by atoms with Crippen molar-refractivity contribution in [3.63, 3.8) is 0 Å². The summed E-state index contributed by atoms with van der Waals surface area (Å²) in [5, 5.41) is 18.5. The Bertz CT molecular complexity index is 1700. The molecular weight excluding hydrogens is 537 g/mol. The molecule has 3 aliphatic rings. The lowest BCUT2D eigenvalue weighted by Crippen LogP contribution is -2.27. The zero-order valence-electron chi connectivity index (χ0n) is 22.9. The minimum atomic E-state index is -0.946. The van der Waals surface area contributed by atoms with Crippen LogP contribution in [0.4, 0.5) is 4.39 Å². The van der Waals surface area contributed by atoms with Gasteiger partial charge in [0.1, 0.15) is 18.2 Å². The number of likely N-dealkylation sites (tertiary alicyclic amines) is 1. The van der Waals surface area contributed by atoms with Gasteiger partial charge in [-0.15, -0.1) is 0 Å². The van der Waals surface area contributed by atoms with E-state index in [1.165, 1.54) is 6.07 Å². The molecule has 2 aromatic heterocycles. The average molecular weight is 568 g/mol. The highest BCUT2D eigenvalue weighted by Crippen LogP contribution is 2.58. The summed E-state index contributed by atoms with van der Waals surface area (Å²) < 4.78 is 28.1. The molecule has 42 heavy (non-hydrogen) atoms. The van der Waals surface area contributed by atoms with Crippen LogP contribution >= 0.6 is 0 Å². The van der Waals surface area contributed by atoms with Crippen molar-refractivity contribution < 1.29 is 23.8 Å². The highest BCUT2D eigenvalue weighted by Gasteiger charge is 2.57. The van der Waals surface area contributed by atoms with Gasteiger partial charge in [-0.05, 0) is 61.1 Å². The van der Waals surface area contributed by atoms with Crippen molar-refractivity contribution in [1.29, 1.82) is 5.26 Å². The molecule has 9 nitrogen and oxygen atoms in total. The largest absolute Gasteiger partial charge is 0.478 e. The number of fused-ring (bicyclic) bond motifs is 2. The number of hydrogen-bond donors (Lipinski definition) is 1. The fourth-order valence-electron chi connectivity index (χ4n) is 6.59. The number of aromatic carboxylic acids is 1. The van der Waals surface area contributed by atoms with Crippen LogP contribution in [0.5, 0.6) is 5.88 Å². The third kappa shape index (κ3) is 5.10. The molecular formula is C32H30FN5O4. The summed E-state index contributed by atoms with van der Waals surface area (Å²) in [5.74, 6) is 1.34. The molecule has 2 aliphatic heterocycles. The number of carboxylic acids is 1. The lowest BCUT2D eigenvalue weighted by atomic mass is 10.1. The maximum absolute atomic E-state index is 14.3. The quantitative estimate of drug-likeness (QED) is 0.309. The molecule has 4 heterocycles. The van der Waals surface area contributed by atoms with Crippen LogP contribution in [0, 0.1) is 29.0 Å². The van der Waals surface area contributed by atoms with Crippen molar-refractivity contribution >= 4 is 17.0 Å². The predicted octanol–water partition coefficient (Wildman–Crippen LogP) is 4.74. The third-order valence-electron chi connectivity index (χ3n) is 8.76. The van der Waals surface area contributed by atoms with Crippen LogP contribution in [-0.4, -0.2) is 56.3 Å². The molecule has 0 amide bonds. The molecule has 0 radical (unpaired) electrons. The molecule has 0 spiro atoms. The minimum absolute atomic E-state index is 0.0418. The molecule has 7 rings (SSSR count). The first-order valence-electron chi connectivity index (χ1n) is 14.3. The van der Waals surface area contributed by atoms with Gasteiger partial charge >= 0.3 is 5.97 Å². The van der Waals surface area contributed by atoms with Gasteiger partial charge < -0.3 is 19.1 Å². The average Bonchev–Trinajstić information content (AvgIpc) is 3.38. The number of piperidine rings is 1. The first-order chi connectivity index (χ1) is 20.5. The summed E-state index contributed by atoms with van der Waals surface area (Å²) in [4.78, 5) is 23.7. The summed E-state index contributed by atoms with van der Waals surface area (Å²) in [5.41, 5.74) is 3.55. The van der Waals surface area contributed by atoms with Gasteiger partial charge in [-0.1, -0.05) is 12.1 Å². The van der Waals surface area contributed by atoms with E-state index in [9.17, 15) is 14.3 Å². The Balaban J connectivity index is 1.02. The number of hydrogen-bond acceptors (Lipinski definition) is 7. The number of ether oxygens (including phenoxy) is 2. The van der Waals surface area contributed by atoms with Gasteiger partial charge in [0.2, 0.25) is 5.88 Å². The molecule has 1 saturated carbocycles. The number of pyridine rings is 1. The van der Waals surface area contributed by atoms with Crippen molar-refractivity contribution in [1.82, 2.24) is 19.4 Å². The first kappa shape index (κ1) is 26.6. The van der Waals surface area contributed by atoms with Crippen LogP contribution in [0.3, 0.4) is 0 Å². The van der Waals surface area contributed by atoms with Crippen LogP contribution in [-0.2, 0) is 24.4 Å². The smallest absolute Gasteiger partial charge is 0.335 e. The number of aromatic nitrogens is 3. The molecule has 1 N–H and O–H groups in total. The van der Waals surface area contributed by atoms with E-state index in [1.54, 1.807) is 36.4 Å². The maximum Gasteiger partial charge on any atom is 0.335 e. The van der Waals surface area contributed by atoms with Crippen molar-refractivity contribution in [3.8, 4) is 11.9 Å². The van der Waals surface area contributed by atoms with Crippen LogP contribution in [0.2, 0.25) is 0 Å². The molecule has 10 heteroatoms. The number of nitrogens with zero attached hydrogens (tertiary/aromatic N) is 5. The van der Waals surface area contributed by atoms with Crippen LogP contribution < -0.4 is 4.74 Å². The Labute approximate surface area is 242 Å². The van der Waals surface area contributed by atoms with E-state index < -0.39 is 11.8 Å². The molecule has 2 unspecified atom stereocenters. The molecule has 4 atom stereocenters. The molecule has 0 bridgehead atoms. The van der Waals surface area contributed by atoms with E-state index in [2.05, 4.69) is 9.47 Å². The monoisotopic (exact) mass is 567 g/mol. The summed E-state index contributed by atoms with van der Waals surface area (Å²) >= 11 is 0. The highest BCUT2D eigenvalue weighted by atomic mass is 19.1. The van der Waals surface area contributed by atoms with E-state index in [1.807, 2.05) is 18.2 Å². The van der Waals surface area contributed by atoms with E-state index in [0.29, 0.717) is 42.3 Å². The van der Waals surface area contributed by atoms with Gasteiger partial charge in [0, 0.05) is 42.9 Å². The second-order valence-electron chi connectivity index (χ2n) is 11.4. The first-order valence-corrected chi connectivity index (χ1v) is 14.3. The summed E-state index contributed by atoms with van der Waals surface area (Å²) in [6.07, 6.45) is 2.14. The number of halogens is 1. The number of nitriles is 1. The Morgan fingerprint density at radius 2 is 2.00 bits per heavy atom. The molecule has 214 valence electrons. The minimum Gasteiger partial charge on any atom is -0.478 e. The topological polar surface area (TPSA) is 114 Å². The Kier molecular flexibility index (Phi) is 6.84. The normalized spacial score (nSPS) is 23.1. The van der Waals surface area contributed by atoms with Gasteiger partial charge in [-0.3, -0.25) is 4.90 Å². The fraction of sp³-hybridized carbons (Fsp3) is 0.375. The second-order valence-corrected chi connectivity index (χ2v) is 11.4. The van der Waals surface area contributed by atoms with E-state index in [-0.39, 0.29) is 23.8 Å². The zero-order valence-corrected chi connectivity index (χ0v) is 22.9. The molecule has 1 aliphatic carbocycles. The third-order valence-corrected chi connectivity index (χ3v) is 8.76. The van der Waals surface area contributed by atoms with Gasteiger partial charge in [0.25, 0.3) is 0 Å². The predicted molar refractivity (Wildman–Crippen MR) is 150 cm³/mol. The number of imidazole rings is 1. The number of benzene rings is 2. The molecule has 2 saturated heterocycles. The van der Waals surface area contributed by atoms with Gasteiger partial charge in [0.05, 0.1) is 47.4 Å². The van der Waals surface area contributed by atoms with Crippen LogP contribution in [0.25, 0.3) is 11.0 Å². The SMILES string of the molecule is N#Cc1ccc(COc2cccc(C3[C@H]4CN(Cc5nc6ccc(C(=O)O)cc6n5CC5CCCO5)C[C@@H]34)n2)c(F)c1. The van der Waals surface area contributed by atoms with Crippen LogP contribution in [0.15, 0.2) is 54.6 Å². The van der Waals surface area contributed by atoms with Crippen LogP contribution in [0.1, 0.15) is 51.8 Å². The van der Waals surface area contributed by atoms with Gasteiger partial charge in [0.15, 0.2) is 0 Å². The lowest BCUT2D eigenvalue weighted by Gasteiger charge is -2.21. The summed E-state index contributed by atoms with van der Waals surface area (Å²) in [6, 6.07) is 17.2. The van der Waals surface area contributed by atoms with E-state index >= 15 is 0 Å². The Morgan fingerprint density at radius 3 is 2.74 bits per heavy atom. The van der Waals surface area contributed by atoms with Gasteiger partial charge in [-0.25, -0.2) is 19.2 Å². The lowest BCUT2D eigenvalue weighted by molar-refractivity contribution is 0.0697. The molecule has 4 aromatic rings. The maximum atomic E-state index is 14.3. The number of carbonyl (C=O) groups is 1. The van der Waals surface area contributed by atoms with E-state index in [0.717, 1.165) is 55.1 Å².